The van der Waals surface area contributed by atoms with Crippen molar-refractivity contribution in [3.63, 3.8) is 0 Å². The Morgan fingerprint density at radius 1 is 0.562 bits per heavy atom. The van der Waals surface area contributed by atoms with Crippen molar-refractivity contribution >= 4 is 34.8 Å². The molecule has 0 spiro atoms. The number of pyridine rings is 2. The number of benzene rings is 2. The molecule has 4 N–H and O–H groups in total. The van der Waals surface area contributed by atoms with Gasteiger partial charge in [0.1, 0.15) is 23.1 Å². The lowest BCUT2D eigenvalue weighted by Gasteiger charge is -2.13. The van der Waals surface area contributed by atoms with Crippen LogP contribution in [0, 0.1) is 0 Å². The Morgan fingerprint density at radius 2 is 0.938 bits per heavy atom. The Hall–Kier alpha value is -5.54. The topological polar surface area (TPSA) is 127 Å². The van der Waals surface area contributed by atoms with Gasteiger partial charge >= 0.3 is 12.7 Å². The smallest absolute Gasteiger partial charge is 0.406 e. The van der Waals surface area contributed by atoms with Crippen LogP contribution in [-0.4, -0.2) is 47.6 Å². The Balaban J connectivity index is 1.17. The van der Waals surface area contributed by atoms with Crippen molar-refractivity contribution in [3.05, 3.63) is 96.3 Å². The van der Waals surface area contributed by atoms with Crippen LogP contribution in [0.25, 0.3) is 0 Å². The van der Waals surface area contributed by atoms with Crippen LogP contribution in [0.5, 0.6) is 11.5 Å². The normalized spacial score (nSPS) is 11.4. The van der Waals surface area contributed by atoms with Crippen LogP contribution in [-0.2, 0) is 0 Å². The largest absolute Gasteiger partial charge is 0.573 e. The third kappa shape index (κ3) is 11.7. The van der Waals surface area contributed by atoms with Gasteiger partial charge in [-0.2, -0.15) is 0 Å². The highest BCUT2D eigenvalue weighted by molar-refractivity contribution is 6.08. The van der Waals surface area contributed by atoms with Crippen molar-refractivity contribution in [1.29, 1.82) is 0 Å². The number of ether oxygens (including phenoxy) is 2. The van der Waals surface area contributed by atoms with Crippen molar-refractivity contribution in [3.8, 4) is 11.5 Å². The van der Waals surface area contributed by atoms with E-state index in [0.29, 0.717) is 24.7 Å². The molecule has 0 bridgehead atoms. The minimum Gasteiger partial charge on any atom is -0.406 e. The Kier molecular flexibility index (Phi) is 12.0. The first-order chi connectivity index (χ1) is 22.9. The fraction of sp³-hybridized carbons (Fsp3) is 0.250. The second-order valence-electron chi connectivity index (χ2n) is 10.1. The first-order valence-corrected chi connectivity index (χ1v) is 14.6. The van der Waals surface area contributed by atoms with E-state index in [4.69, 9.17) is 0 Å². The van der Waals surface area contributed by atoms with E-state index in [2.05, 4.69) is 40.7 Å². The van der Waals surface area contributed by atoms with Gasteiger partial charge < -0.3 is 30.7 Å². The highest BCUT2D eigenvalue weighted by atomic mass is 19.4. The van der Waals surface area contributed by atoms with Crippen LogP contribution in [0.4, 0.5) is 49.4 Å². The molecule has 0 saturated heterocycles. The third-order valence-corrected chi connectivity index (χ3v) is 6.48. The molecule has 0 aliphatic heterocycles. The van der Waals surface area contributed by atoms with Crippen molar-refractivity contribution in [1.82, 2.24) is 9.97 Å². The van der Waals surface area contributed by atoms with Crippen LogP contribution < -0.4 is 30.7 Å². The van der Waals surface area contributed by atoms with Crippen LogP contribution >= 0.6 is 0 Å². The molecule has 0 unspecified atom stereocenters. The van der Waals surface area contributed by atoms with E-state index in [9.17, 15) is 35.9 Å². The number of carbonyl (C=O) groups is 2. The Labute approximate surface area is 270 Å². The maximum absolute atomic E-state index is 12.8. The molecule has 254 valence electrons. The summed E-state index contributed by atoms with van der Waals surface area (Å²) in [5, 5.41) is 11.5. The number of nitrogens with one attached hydrogen (secondary N) is 4. The highest BCUT2D eigenvalue weighted by Crippen LogP contribution is 2.26. The van der Waals surface area contributed by atoms with Crippen molar-refractivity contribution in [2.45, 2.75) is 38.4 Å². The highest BCUT2D eigenvalue weighted by Gasteiger charge is 2.31. The lowest BCUT2D eigenvalue weighted by atomic mass is 10.1. The number of hydrogen-bond acceptors (Lipinski definition) is 8. The zero-order valence-electron chi connectivity index (χ0n) is 25.1. The molecule has 0 saturated carbocycles. The Morgan fingerprint density at radius 3 is 1.29 bits per heavy atom. The molecular weight excluding hydrogens is 646 g/mol. The molecule has 0 radical (unpaired) electrons. The zero-order chi connectivity index (χ0) is 34.6. The standard InChI is InChI=1S/C32H30F6N6O4/c33-31(34,35)47-23-13-9-21(10-14-23)43-29(45)25-7-5-19-41-27(25)39-17-3-1-2-4-18-40-28-26(8-6-20-42-28)30(46)44-22-11-15-24(16-12-22)48-32(36,37)38/h5-16,19-20H,1-4,17-18H2,(H,39,41)(H,40,42)(H,43,45)(H,44,46). The van der Waals surface area contributed by atoms with Gasteiger partial charge in [-0.3, -0.25) is 9.59 Å². The molecule has 16 heteroatoms. The van der Waals surface area contributed by atoms with Crippen molar-refractivity contribution in [2.75, 3.05) is 34.4 Å². The number of aromatic nitrogens is 2. The number of alkyl halides is 6. The molecule has 2 heterocycles. The Bertz CT molecular complexity index is 1530. The summed E-state index contributed by atoms with van der Waals surface area (Å²) in [5.74, 6) is -1.06. The molecule has 0 aliphatic rings. The number of unbranched alkanes of at least 4 members (excludes halogenated alkanes) is 3. The lowest BCUT2D eigenvalue weighted by Crippen LogP contribution is -2.18. The zero-order valence-corrected chi connectivity index (χ0v) is 25.1. The van der Waals surface area contributed by atoms with Gasteiger partial charge in [0.15, 0.2) is 0 Å². The number of nitrogens with zero attached hydrogens (tertiary/aromatic N) is 2. The van der Waals surface area contributed by atoms with Crippen LogP contribution in [0.2, 0.25) is 0 Å². The van der Waals surface area contributed by atoms with Gasteiger partial charge in [0.25, 0.3) is 11.8 Å². The summed E-state index contributed by atoms with van der Waals surface area (Å²) < 4.78 is 81.9. The van der Waals surface area contributed by atoms with E-state index in [1.807, 2.05) is 0 Å². The monoisotopic (exact) mass is 676 g/mol. The summed E-state index contributed by atoms with van der Waals surface area (Å²) in [5.41, 5.74) is 1.09. The number of anilines is 4. The van der Waals surface area contributed by atoms with Gasteiger partial charge in [0, 0.05) is 36.9 Å². The number of rotatable bonds is 15. The summed E-state index contributed by atoms with van der Waals surface area (Å²) in [6, 6.07) is 15.9. The molecule has 2 aromatic carbocycles. The van der Waals surface area contributed by atoms with Crippen molar-refractivity contribution < 1.29 is 45.4 Å². The van der Waals surface area contributed by atoms with Gasteiger partial charge in [-0.15, -0.1) is 26.3 Å². The predicted molar refractivity (Wildman–Crippen MR) is 166 cm³/mol. The van der Waals surface area contributed by atoms with Gasteiger partial charge in [0.2, 0.25) is 0 Å². The first kappa shape index (κ1) is 35.3. The van der Waals surface area contributed by atoms with Gasteiger partial charge in [-0.05, 0) is 85.6 Å². The maximum atomic E-state index is 12.8. The van der Waals surface area contributed by atoms with Crippen molar-refractivity contribution in [2.24, 2.45) is 0 Å². The number of hydrogen-bond donors (Lipinski definition) is 4. The molecule has 0 aliphatic carbocycles. The first-order valence-electron chi connectivity index (χ1n) is 14.6. The fourth-order valence-corrected chi connectivity index (χ4v) is 4.35. The molecule has 0 fully saturated rings. The number of amides is 2. The van der Waals surface area contributed by atoms with Gasteiger partial charge in [-0.25, -0.2) is 9.97 Å². The quantitative estimate of drug-likeness (QED) is 0.0741. The molecule has 2 aromatic heterocycles. The molecule has 4 rings (SSSR count). The second-order valence-corrected chi connectivity index (χ2v) is 10.1. The van der Waals surface area contributed by atoms with E-state index < -0.39 is 36.0 Å². The molecule has 48 heavy (non-hydrogen) atoms. The maximum Gasteiger partial charge on any atom is 0.573 e. The van der Waals surface area contributed by atoms with E-state index in [1.54, 1.807) is 24.3 Å². The SMILES string of the molecule is O=C(Nc1ccc(OC(F)(F)F)cc1)c1cccnc1NCCCCCCNc1ncccc1C(=O)Nc1ccc(OC(F)(F)F)cc1. The summed E-state index contributed by atoms with van der Waals surface area (Å²) in [7, 11) is 0. The summed E-state index contributed by atoms with van der Waals surface area (Å²) in [4.78, 5) is 34.1. The predicted octanol–water partition coefficient (Wildman–Crippen LogP) is 7.86. The molecule has 4 aromatic rings. The second kappa shape index (κ2) is 16.3. The van der Waals surface area contributed by atoms with Crippen LogP contribution in [0.15, 0.2) is 85.2 Å². The molecule has 2 amide bonds. The summed E-state index contributed by atoms with van der Waals surface area (Å²) >= 11 is 0. The molecular formula is C32H30F6N6O4. The minimum absolute atomic E-state index is 0.264. The summed E-state index contributed by atoms with van der Waals surface area (Å²) in [6.45, 7) is 1.06. The molecule has 10 nitrogen and oxygen atoms in total. The minimum atomic E-state index is -4.81. The van der Waals surface area contributed by atoms with E-state index >= 15 is 0 Å². The number of carbonyl (C=O) groups excluding carboxylic acids is 2. The van der Waals surface area contributed by atoms with E-state index in [-0.39, 0.29) is 22.5 Å². The third-order valence-electron chi connectivity index (χ3n) is 6.48. The number of halogens is 6. The van der Waals surface area contributed by atoms with Gasteiger partial charge in [-0.1, -0.05) is 12.8 Å². The van der Waals surface area contributed by atoms with E-state index in [0.717, 1.165) is 49.9 Å². The fourth-order valence-electron chi connectivity index (χ4n) is 4.35. The van der Waals surface area contributed by atoms with Crippen LogP contribution in [0.1, 0.15) is 46.4 Å². The summed E-state index contributed by atoms with van der Waals surface area (Å²) in [6.07, 6.45) is -3.34. The average Bonchev–Trinajstić information content (AvgIpc) is 3.03. The molecule has 0 atom stereocenters. The van der Waals surface area contributed by atoms with Gasteiger partial charge in [0.05, 0.1) is 11.1 Å². The lowest BCUT2D eigenvalue weighted by molar-refractivity contribution is -0.275. The average molecular weight is 677 g/mol. The van der Waals surface area contributed by atoms with Crippen LogP contribution in [0.3, 0.4) is 0 Å². The van der Waals surface area contributed by atoms with E-state index in [1.165, 1.54) is 36.7 Å².